The summed E-state index contributed by atoms with van der Waals surface area (Å²) in [5.74, 6) is -1.30. The zero-order valence-electron chi connectivity index (χ0n) is 35.8. The number of aliphatic hydroxyl groups is 3. The van der Waals surface area contributed by atoms with Gasteiger partial charge in [-0.3, -0.25) is 27.7 Å². The van der Waals surface area contributed by atoms with E-state index in [1.54, 1.807) is 0 Å². The first-order valence-corrected chi connectivity index (χ1v) is 26.6. The number of hydrogen-bond donors (Lipinski definition) is 9. The molecule has 1 rings (SSSR count). The average molecular weight is 944 g/mol. The molecule has 1 saturated carbocycles. The maximum absolute atomic E-state index is 13.1. The van der Waals surface area contributed by atoms with E-state index in [0.29, 0.717) is 19.4 Å². The van der Waals surface area contributed by atoms with Gasteiger partial charge >= 0.3 is 35.4 Å². The van der Waals surface area contributed by atoms with Crippen LogP contribution in [0.25, 0.3) is 0 Å². The fraction of sp³-hybridized carbons (Fsp3) is 0.947. The van der Waals surface area contributed by atoms with E-state index >= 15 is 0 Å². The average Bonchev–Trinajstić information content (AvgIpc) is 3.18. The Morgan fingerprint density at radius 1 is 0.508 bits per heavy atom. The van der Waals surface area contributed by atoms with Crippen molar-refractivity contribution >= 4 is 35.4 Å². The SMILES string of the molecule is CCCCCCCCCCCCCCCC(=O)O[C@H](COC(=O)CCCCCCCCCCCCN)COP(=O)(O)OC1C(O)[C@H](OP(=O)(O)O)C(OP(=O)(O)O)[C@H](O)[C@@H]1O. The molecule has 61 heavy (non-hydrogen) atoms. The van der Waals surface area contributed by atoms with Gasteiger partial charge in [0.15, 0.2) is 6.10 Å². The first-order valence-electron chi connectivity index (χ1n) is 22.0. The normalized spacial score (nSPS) is 22.5. The fourth-order valence-electron chi connectivity index (χ4n) is 6.95. The van der Waals surface area contributed by atoms with Crippen LogP contribution in [-0.2, 0) is 50.9 Å². The van der Waals surface area contributed by atoms with Crippen LogP contribution in [0.3, 0.4) is 0 Å². The minimum absolute atomic E-state index is 0.000345. The Hall–Kier alpha value is -0.890. The predicted molar refractivity (Wildman–Crippen MR) is 223 cm³/mol. The van der Waals surface area contributed by atoms with Gasteiger partial charge in [-0.2, -0.15) is 0 Å². The van der Waals surface area contributed by atoms with Crippen LogP contribution in [0.4, 0.5) is 0 Å². The van der Waals surface area contributed by atoms with Gasteiger partial charge in [0, 0.05) is 12.8 Å². The van der Waals surface area contributed by atoms with E-state index < -0.39 is 91.3 Å². The molecule has 0 amide bonds. The summed E-state index contributed by atoms with van der Waals surface area (Å²) in [7, 11) is -16.6. The van der Waals surface area contributed by atoms with E-state index in [0.717, 1.165) is 77.0 Å². The van der Waals surface area contributed by atoms with Gasteiger partial charge in [-0.15, -0.1) is 0 Å². The van der Waals surface area contributed by atoms with Gasteiger partial charge in [-0.05, 0) is 25.8 Å². The van der Waals surface area contributed by atoms with E-state index in [1.165, 1.54) is 57.8 Å². The molecule has 1 fully saturated rings. The molecular weight excluding hydrogens is 867 g/mol. The molecule has 4 unspecified atom stereocenters. The lowest BCUT2D eigenvalue weighted by Gasteiger charge is -2.44. The lowest BCUT2D eigenvalue weighted by Crippen LogP contribution is -2.65. The molecule has 0 bridgehead atoms. The molecule has 0 saturated heterocycles. The highest BCUT2D eigenvalue weighted by Crippen LogP contribution is 2.51. The van der Waals surface area contributed by atoms with Gasteiger partial charge in [0.2, 0.25) is 0 Å². The summed E-state index contributed by atoms with van der Waals surface area (Å²) in [5.41, 5.74) is 5.52. The number of esters is 2. The third kappa shape index (κ3) is 29.3. The molecule has 20 nitrogen and oxygen atoms in total. The van der Waals surface area contributed by atoms with Crippen molar-refractivity contribution in [3.05, 3.63) is 0 Å². The number of phosphoric acid groups is 3. The second-order valence-corrected chi connectivity index (χ2v) is 19.6. The number of carbonyl (C=O) groups is 2. The highest BCUT2D eigenvalue weighted by atomic mass is 31.2. The van der Waals surface area contributed by atoms with E-state index in [2.05, 4.69) is 16.0 Å². The van der Waals surface area contributed by atoms with E-state index in [-0.39, 0.29) is 12.8 Å². The Labute approximate surface area is 361 Å². The number of aliphatic hydroxyl groups excluding tert-OH is 3. The molecule has 0 heterocycles. The van der Waals surface area contributed by atoms with Gasteiger partial charge in [0.05, 0.1) is 6.61 Å². The highest BCUT2D eigenvalue weighted by Gasteiger charge is 2.56. The largest absolute Gasteiger partial charge is 0.472 e. The quantitative estimate of drug-likeness (QED) is 0.0203. The zero-order valence-corrected chi connectivity index (χ0v) is 38.5. The lowest BCUT2D eigenvalue weighted by molar-refractivity contribution is -0.213. The number of rotatable bonds is 38. The van der Waals surface area contributed by atoms with E-state index in [4.69, 9.17) is 24.3 Å². The second kappa shape index (κ2) is 32.7. The van der Waals surface area contributed by atoms with Gasteiger partial charge in [0.1, 0.15) is 43.2 Å². The fourth-order valence-corrected chi connectivity index (χ4v) is 9.04. The molecule has 1 aliphatic carbocycles. The summed E-state index contributed by atoms with van der Waals surface area (Å²) in [6, 6.07) is 0. The lowest BCUT2D eigenvalue weighted by atomic mass is 9.85. The van der Waals surface area contributed by atoms with Crippen LogP contribution in [0.5, 0.6) is 0 Å². The minimum Gasteiger partial charge on any atom is -0.462 e. The van der Waals surface area contributed by atoms with Crippen molar-refractivity contribution in [2.45, 2.75) is 210 Å². The third-order valence-electron chi connectivity index (χ3n) is 10.3. The standard InChI is InChI=1S/C38H76NO19P3/c1-2-3-4-5-6-7-8-9-10-14-17-20-23-26-32(41)55-30(28-53-31(40)25-22-19-16-13-11-12-15-18-21-24-27-39)29-54-61(51,52)58-36-33(42)34(43)37(56-59(45,46)47)38(35(36)44)57-60(48,49)50/h30,33-38,42-44H,2-29,39H2,1H3,(H,51,52)(H2,45,46,47)(H2,48,49,50)/t30-,33+,34-,35?,36?,37?,38+/m1/s1. The maximum atomic E-state index is 13.1. The van der Waals surface area contributed by atoms with Crippen LogP contribution in [0.15, 0.2) is 0 Å². The summed E-state index contributed by atoms with van der Waals surface area (Å²) < 4.78 is 65.2. The van der Waals surface area contributed by atoms with Crippen molar-refractivity contribution in [1.29, 1.82) is 0 Å². The maximum Gasteiger partial charge on any atom is 0.472 e. The first-order chi connectivity index (χ1) is 28.8. The van der Waals surface area contributed by atoms with Crippen LogP contribution in [0.1, 0.15) is 167 Å². The van der Waals surface area contributed by atoms with Crippen molar-refractivity contribution in [2.75, 3.05) is 19.8 Å². The molecule has 10 N–H and O–H groups in total. The van der Waals surface area contributed by atoms with E-state index in [1.807, 2.05) is 0 Å². The Morgan fingerprint density at radius 2 is 0.885 bits per heavy atom. The number of carbonyl (C=O) groups excluding carboxylic acids is 2. The Balaban J connectivity index is 2.77. The summed E-state index contributed by atoms with van der Waals surface area (Å²) in [4.78, 5) is 72.9. The molecule has 0 aliphatic heterocycles. The molecule has 362 valence electrons. The summed E-state index contributed by atoms with van der Waals surface area (Å²) in [6.07, 6.45) is 8.10. The number of unbranched alkanes of at least 4 members (excludes halogenated alkanes) is 21. The summed E-state index contributed by atoms with van der Waals surface area (Å²) in [6.45, 7) is 1.43. The molecule has 0 aromatic rings. The number of ether oxygens (including phenoxy) is 2. The monoisotopic (exact) mass is 943 g/mol. The number of phosphoric ester groups is 3. The molecule has 0 aromatic heterocycles. The van der Waals surface area contributed by atoms with Gasteiger partial charge in [-0.25, -0.2) is 13.7 Å². The summed E-state index contributed by atoms with van der Waals surface area (Å²) in [5, 5.41) is 31.8. The molecule has 0 spiro atoms. The van der Waals surface area contributed by atoms with Crippen molar-refractivity contribution in [1.82, 2.24) is 0 Å². The molecular formula is C38H76NO19P3. The number of hydrogen-bond acceptors (Lipinski definition) is 15. The van der Waals surface area contributed by atoms with Crippen molar-refractivity contribution in [3.8, 4) is 0 Å². The topological polar surface area (TPSA) is 329 Å². The highest BCUT2D eigenvalue weighted by molar-refractivity contribution is 7.47. The zero-order chi connectivity index (χ0) is 45.7. The second-order valence-electron chi connectivity index (χ2n) is 15.8. The Bertz CT molecular complexity index is 1320. The number of nitrogens with two attached hydrogens (primary N) is 1. The van der Waals surface area contributed by atoms with Gasteiger partial charge in [0.25, 0.3) is 0 Å². The predicted octanol–water partition coefficient (Wildman–Crippen LogP) is 5.73. The molecule has 0 radical (unpaired) electrons. The molecule has 8 atom stereocenters. The molecule has 23 heteroatoms. The van der Waals surface area contributed by atoms with Crippen LogP contribution < -0.4 is 5.73 Å². The van der Waals surface area contributed by atoms with Crippen LogP contribution in [0, 0.1) is 0 Å². The first kappa shape index (κ1) is 58.1. The Kier molecular flexibility index (Phi) is 31.2. The van der Waals surface area contributed by atoms with Crippen molar-refractivity contribution < 1.29 is 90.6 Å². The molecule has 0 aromatic carbocycles. The van der Waals surface area contributed by atoms with Crippen LogP contribution in [-0.4, -0.2) is 114 Å². The smallest absolute Gasteiger partial charge is 0.462 e. The Morgan fingerprint density at radius 3 is 1.31 bits per heavy atom. The minimum atomic E-state index is -5.59. The van der Waals surface area contributed by atoms with Gasteiger partial charge in [-0.1, -0.05) is 135 Å². The van der Waals surface area contributed by atoms with Gasteiger partial charge < -0.3 is 55.0 Å². The van der Waals surface area contributed by atoms with Crippen LogP contribution in [0.2, 0.25) is 0 Å². The van der Waals surface area contributed by atoms with Crippen LogP contribution >= 0.6 is 23.5 Å². The van der Waals surface area contributed by atoms with Crippen molar-refractivity contribution in [2.24, 2.45) is 5.73 Å². The summed E-state index contributed by atoms with van der Waals surface area (Å²) >= 11 is 0. The van der Waals surface area contributed by atoms with E-state index in [9.17, 15) is 63.1 Å². The van der Waals surface area contributed by atoms with Crippen molar-refractivity contribution in [3.63, 3.8) is 0 Å². The molecule has 1 aliphatic rings. The third-order valence-corrected chi connectivity index (χ3v) is 12.3.